The van der Waals surface area contributed by atoms with Gasteiger partial charge in [0.25, 0.3) is 0 Å². The van der Waals surface area contributed by atoms with E-state index in [2.05, 4.69) is 6.92 Å². The molecule has 0 aliphatic carbocycles. The SMILES string of the molecule is CCCCCCCC(=O)c1ccc(O)c(C)c1O. The van der Waals surface area contributed by atoms with Crippen LogP contribution in [-0.4, -0.2) is 16.0 Å². The van der Waals surface area contributed by atoms with Gasteiger partial charge in [-0.3, -0.25) is 4.79 Å². The number of carbonyl (C=O) groups excluding carboxylic acids is 1. The second-order valence-corrected chi connectivity index (χ2v) is 4.69. The van der Waals surface area contributed by atoms with Gasteiger partial charge in [-0.25, -0.2) is 0 Å². The number of Topliss-reactive ketones (excluding diaryl/α,β-unsaturated/α-hetero) is 1. The van der Waals surface area contributed by atoms with Crippen molar-refractivity contribution in [2.45, 2.75) is 52.4 Å². The Hall–Kier alpha value is -1.51. The fourth-order valence-electron chi connectivity index (χ4n) is 1.94. The van der Waals surface area contributed by atoms with Crippen molar-refractivity contribution in [1.82, 2.24) is 0 Å². The predicted octanol–water partition coefficient (Wildman–Crippen LogP) is 3.95. The van der Waals surface area contributed by atoms with Gasteiger partial charge in [-0.1, -0.05) is 32.6 Å². The lowest BCUT2D eigenvalue weighted by atomic mass is 10.0. The number of carbonyl (C=O) groups is 1. The molecule has 0 atom stereocenters. The van der Waals surface area contributed by atoms with Gasteiger partial charge in [0.15, 0.2) is 5.78 Å². The number of unbranched alkanes of at least 4 members (excludes halogenated alkanes) is 4. The average Bonchev–Trinajstić information content (AvgIpc) is 2.35. The Kier molecular flexibility index (Phi) is 5.69. The van der Waals surface area contributed by atoms with Crippen LogP contribution >= 0.6 is 0 Å². The van der Waals surface area contributed by atoms with Gasteiger partial charge in [0.1, 0.15) is 11.5 Å². The summed E-state index contributed by atoms with van der Waals surface area (Å²) in [5.41, 5.74) is 0.688. The number of ketones is 1. The molecule has 0 amide bonds. The van der Waals surface area contributed by atoms with E-state index in [1.165, 1.54) is 25.0 Å². The molecule has 1 rings (SSSR count). The maximum atomic E-state index is 11.9. The van der Waals surface area contributed by atoms with Crippen LogP contribution in [0.5, 0.6) is 11.5 Å². The number of phenols is 2. The van der Waals surface area contributed by atoms with Crippen LogP contribution in [-0.2, 0) is 0 Å². The van der Waals surface area contributed by atoms with Crippen LogP contribution in [0.4, 0.5) is 0 Å². The van der Waals surface area contributed by atoms with Crippen LogP contribution in [0.25, 0.3) is 0 Å². The van der Waals surface area contributed by atoms with Crippen molar-refractivity contribution in [3.05, 3.63) is 23.3 Å². The maximum Gasteiger partial charge on any atom is 0.166 e. The summed E-state index contributed by atoms with van der Waals surface area (Å²) in [6.07, 6.45) is 5.92. The lowest BCUT2D eigenvalue weighted by molar-refractivity contribution is 0.0976. The lowest BCUT2D eigenvalue weighted by Gasteiger charge is -2.07. The first-order valence-corrected chi connectivity index (χ1v) is 6.62. The van der Waals surface area contributed by atoms with Crippen molar-refractivity contribution < 1.29 is 15.0 Å². The highest BCUT2D eigenvalue weighted by atomic mass is 16.3. The molecule has 0 bridgehead atoms. The van der Waals surface area contributed by atoms with E-state index in [1.54, 1.807) is 6.92 Å². The quantitative estimate of drug-likeness (QED) is 0.569. The van der Waals surface area contributed by atoms with Crippen LogP contribution in [0, 0.1) is 6.92 Å². The first-order chi connectivity index (χ1) is 8.57. The summed E-state index contributed by atoms with van der Waals surface area (Å²) in [5.74, 6) is -0.118. The first kappa shape index (κ1) is 14.6. The van der Waals surface area contributed by atoms with Crippen LogP contribution in [0.2, 0.25) is 0 Å². The topological polar surface area (TPSA) is 57.5 Å². The molecule has 0 saturated heterocycles. The molecule has 0 saturated carbocycles. The molecule has 0 aliphatic heterocycles. The highest BCUT2D eigenvalue weighted by Gasteiger charge is 2.14. The molecule has 0 heterocycles. The Morgan fingerprint density at radius 1 is 1.11 bits per heavy atom. The fraction of sp³-hybridized carbons (Fsp3) is 0.533. The molecule has 100 valence electrons. The van der Waals surface area contributed by atoms with Crippen LogP contribution in [0.1, 0.15) is 61.4 Å². The lowest BCUT2D eigenvalue weighted by Crippen LogP contribution is -2.00. The second-order valence-electron chi connectivity index (χ2n) is 4.69. The molecule has 0 unspecified atom stereocenters. The first-order valence-electron chi connectivity index (χ1n) is 6.62. The third kappa shape index (κ3) is 3.76. The standard InChI is InChI=1S/C15H22O3/c1-3-4-5-6-7-8-14(17)12-9-10-13(16)11(2)15(12)18/h9-10,16,18H,3-8H2,1-2H3. The maximum absolute atomic E-state index is 11.9. The monoisotopic (exact) mass is 250 g/mol. The minimum absolute atomic E-state index is 0.0204. The minimum Gasteiger partial charge on any atom is -0.508 e. The van der Waals surface area contributed by atoms with Crippen LogP contribution in [0.3, 0.4) is 0 Å². The van der Waals surface area contributed by atoms with Gasteiger partial charge in [0.2, 0.25) is 0 Å². The molecule has 1 aromatic rings. The third-order valence-corrected chi connectivity index (χ3v) is 3.21. The van der Waals surface area contributed by atoms with Crippen molar-refractivity contribution in [3.63, 3.8) is 0 Å². The third-order valence-electron chi connectivity index (χ3n) is 3.21. The van der Waals surface area contributed by atoms with Gasteiger partial charge in [0, 0.05) is 12.0 Å². The van der Waals surface area contributed by atoms with E-state index in [0.29, 0.717) is 17.5 Å². The van der Waals surface area contributed by atoms with E-state index in [1.807, 2.05) is 0 Å². The van der Waals surface area contributed by atoms with Gasteiger partial charge < -0.3 is 10.2 Å². The summed E-state index contributed by atoms with van der Waals surface area (Å²) < 4.78 is 0. The molecule has 18 heavy (non-hydrogen) atoms. The van der Waals surface area contributed by atoms with Crippen molar-refractivity contribution in [2.24, 2.45) is 0 Å². The van der Waals surface area contributed by atoms with Gasteiger partial charge in [-0.05, 0) is 25.5 Å². The highest BCUT2D eigenvalue weighted by Crippen LogP contribution is 2.30. The second kappa shape index (κ2) is 7.04. The Morgan fingerprint density at radius 3 is 2.44 bits per heavy atom. The molecular formula is C15H22O3. The Morgan fingerprint density at radius 2 is 1.78 bits per heavy atom. The van der Waals surface area contributed by atoms with Crippen LogP contribution in [0.15, 0.2) is 12.1 Å². The van der Waals surface area contributed by atoms with Gasteiger partial charge in [-0.2, -0.15) is 0 Å². The fourth-order valence-corrected chi connectivity index (χ4v) is 1.94. The molecule has 0 aromatic heterocycles. The zero-order chi connectivity index (χ0) is 13.5. The molecule has 0 aliphatic rings. The van der Waals surface area contributed by atoms with Crippen molar-refractivity contribution in [3.8, 4) is 11.5 Å². The molecular weight excluding hydrogens is 228 g/mol. The summed E-state index contributed by atoms with van der Waals surface area (Å²) in [5, 5.41) is 19.2. The molecule has 1 aromatic carbocycles. The molecule has 0 fully saturated rings. The van der Waals surface area contributed by atoms with Crippen LogP contribution < -0.4 is 0 Å². The number of benzene rings is 1. The number of aromatic hydroxyl groups is 2. The van der Waals surface area contributed by atoms with E-state index in [9.17, 15) is 15.0 Å². The number of hydrogen-bond acceptors (Lipinski definition) is 3. The summed E-state index contributed by atoms with van der Waals surface area (Å²) in [4.78, 5) is 11.9. The zero-order valence-electron chi connectivity index (χ0n) is 11.2. The smallest absolute Gasteiger partial charge is 0.166 e. The minimum atomic E-state index is -0.0893. The summed E-state index contributed by atoms with van der Waals surface area (Å²) in [6, 6.07) is 2.95. The van der Waals surface area contributed by atoms with Gasteiger partial charge in [0.05, 0.1) is 5.56 Å². The van der Waals surface area contributed by atoms with E-state index in [4.69, 9.17) is 0 Å². The van der Waals surface area contributed by atoms with E-state index in [0.717, 1.165) is 19.3 Å². The predicted molar refractivity (Wildman–Crippen MR) is 72.2 cm³/mol. The van der Waals surface area contributed by atoms with E-state index in [-0.39, 0.29) is 17.3 Å². The Bertz CT molecular complexity index is 410. The van der Waals surface area contributed by atoms with Gasteiger partial charge in [-0.15, -0.1) is 0 Å². The molecule has 2 N–H and O–H groups in total. The molecule has 3 heteroatoms. The Balaban J connectivity index is 2.54. The number of hydrogen-bond donors (Lipinski definition) is 2. The van der Waals surface area contributed by atoms with E-state index >= 15 is 0 Å². The summed E-state index contributed by atoms with van der Waals surface area (Å²) >= 11 is 0. The number of rotatable bonds is 7. The summed E-state index contributed by atoms with van der Waals surface area (Å²) in [6.45, 7) is 3.76. The average molecular weight is 250 g/mol. The zero-order valence-corrected chi connectivity index (χ0v) is 11.2. The number of phenolic OH excluding ortho intramolecular Hbond substituents is 2. The normalized spacial score (nSPS) is 10.6. The van der Waals surface area contributed by atoms with Crippen molar-refractivity contribution >= 4 is 5.78 Å². The van der Waals surface area contributed by atoms with E-state index < -0.39 is 0 Å². The van der Waals surface area contributed by atoms with Crippen molar-refractivity contribution in [1.29, 1.82) is 0 Å². The van der Waals surface area contributed by atoms with Crippen molar-refractivity contribution in [2.75, 3.05) is 0 Å². The molecule has 3 nitrogen and oxygen atoms in total. The largest absolute Gasteiger partial charge is 0.508 e. The molecule has 0 spiro atoms. The summed E-state index contributed by atoms with van der Waals surface area (Å²) in [7, 11) is 0. The van der Waals surface area contributed by atoms with Gasteiger partial charge >= 0.3 is 0 Å². The Labute approximate surface area is 108 Å². The molecule has 0 radical (unpaired) electrons. The highest BCUT2D eigenvalue weighted by molar-refractivity contribution is 5.99.